The van der Waals surface area contributed by atoms with E-state index in [0.717, 1.165) is 21.3 Å². The van der Waals surface area contributed by atoms with Crippen molar-refractivity contribution in [1.29, 1.82) is 0 Å². The molecule has 1 atom stereocenters. The predicted molar refractivity (Wildman–Crippen MR) is 115 cm³/mol. The Morgan fingerprint density at radius 2 is 1.54 bits per heavy atom. The molecule has 0 heterocycles. The van der Waals surface area contributed by atoms with E-state index >= 15 is 0 Å². The van der Waals surface area contributed by atoms with Crippen LogP contribution in [0.25, 0.3) is 0 Å². The van der Waals surface area contributed by atoms with Crippen molar-refractivity contribution in [1.82, 2.24) is 0 Å². The first-order valence-electron chi connectivity index (χ1n) is 9.03. The van der Waals surface area contributed by atoms with Crippen LogP contribution in [-0.4, -0.2) is 16.2 Å². The van der Waals surface area contributed by atoms with E-state index in [9.17, 15) is 9.90 Å². The molecule has 3 aromatic rings. The Balaban J connectivity index is 2.01. The Morgan fingerprint density at radius 1 is 0.929 bits per heavy atom. The number of phenols is 1. The van der Waals surface area contributed by atoms with E-state index in [-0.39, 0.29) is 17.4 Å². The maximum Gasteiger partial charge on any atom is 0.335 e. The number of hydrogen-bond donors (Lipinski definition) is 3. The maximum absolute atomic E-state index is 11.1. The molecule has 0 spiro atoms. The predicted octanol–water partition coefficient (Wildman–Crippen LogP) is 6.18. The number of rotatable bonds is 6. The molecule has 0 aliphatic rings. The molecule has 3 rings (SSSR count). The van der Waals surface area contributed by atoms with Gasteiger partial charge in [-0.3, -0.25) is 0 Å². The Morgan fingerprint density at radius 3 is 2.11 bits per heavy atom. The Bertz CT molecular complexity index is 966. The van der Waals surface area contributed by atoms with E-state index < -0.39 is 5.97 Å². The topological polar surface area (TPSA) is 69.6 Å². The van der Waals surface area contributed by atoms with Crippen molar-refractivity contribution in [3.63, 3.8) is 0 Å². The lowest BCUT2D eigenvalue weighted by atomic mass is 9.94. The fraction of sp³-hybridized carbons (Fsp3) is 0.174. The number of benzene rings is 3. The van der Waals surface area contributed by atoms with Crippen molar-refractivity contribution in [2.45, 2.75) is 25.8 Å². The van der Waals surface area contributed by atoms with Crippen LogP contribution in [0.3, 0.4) is 0 Å². The van der Waals surface area contributed by atoms with Crippen LogP contribution in [0.1, 0.15) is 52.9 Å². The summed E-state index contributed by atoms with van der Waals surface area (Å²) in [5, 5.41) is 23.0. The molecule has 0 radical (unpaired) electrons. The van der Waals surface area contributed by atoms with Gasteiger partial charge >= 0.3 is 5.97 Å². The van der Waals surface area contributed by atoms with E-state index in [1.807, 2.05) is 6.07 Å². The average molecular weight is 440 g/mol. The summed E-state index contributed by atoms with van der Waals surface area (Å²) in [5.41, 5.74) is 3.97. The average Bonchev–Trinajstić information content (AvgIpc) is 2.68. The van der Waals surface area contributed by atoms with Crippen molar-refractivity contribution in [2.24, 2.45) is 0 Å². The van der Waals surface area contributed by atoms with Gasteiger partial charge < -0.3 is 15.5 Å². The summed E-state index contributed by atoms with van der Waals surface area (Å²) in [5.74, 6) is -0.337. The van der Waals surface area contributed by atoms with Gasteiger partial charge in [0, 0.05) is 15.7 Å². The van der Waals surface area contributed by atoms with Gasteiger partial charge in [0.25, 0.3) is 0 Å². The second-order valence-electron chi connectivity index (χ2n) is 6.98. The van der Waals surface area contributed by atoms with E-state index in [4.69, 9.17) is 5.11 Å². The van der Waals surface area contributed by atoms with Gasteiger partial charge in [-0.05, 0) is 59.5 Å². The third-order valence-corrected chi connectivity index (χ3v) is 5.17. The minimum atomic E-state index is -0.961. The second kappa shape index (κ2) is 8.48. The Kier molecular flexibility index (Phi) is 6.05. The van der Waals surface area contributed by atoms with Gasteiger partial charge in [0.2, 0.25) is 0 Å². The quantitative estimate of drug-likeness (QED) is 0.428. The highest BCUT2D eigenvalue weighted by Crippen LogP contribution is 2.35. The van der Waals surface area contributed by atoms with Gasteiger partial charge in [-0.15, -0.1) is 0 Å². The van der Waals surface area contributed by atoms with Crippen LogP contribution in [0.5, 0.6) is 5.75 Å². The molecule has 3 aromatic carbocycles. The summed E-state index contributed by atoms with van der Waals surface area (Å²) in [4.78, 5) is 11.1. The van der Waals surface area contributed by atoms with Crippen LogP contribution in [0.15, 0.2) is 71.2 Å². The number of carbonyl (C=O) groups is 1. The number of anilines is 1. The zero-order valence-electron chi connectivity index (χ0n) is 15.7. The van der Waals surface area contributed by atoms with E-state index in [2.05, 4.69) is 59.4 Å². The first-order valence-corrected chi connectivity index (χ1v) is 9.82. The summed E-state index contributed by atoms with van der Waals surface area (Å²) in [7, 11) is 0. The molecule has 0 aliphatic heterocycles. The lowest BCUT2D eigenvalue weighted by Gasteiger charge is -2.23. The highest BCUT2D eigenvalue weighted by molar-refractivity contribution is 9.10. The zero-order chi connectivity index (χ0) is 20.3. The Hall–Kier alpha value is -2.79. The molecule has 144 valence electrons. The molecule has 0 amide bonds. The molecule has 0 aliphatic carbocycles. The smallest absolute Gasteiger partial charge is 0.335 e. The van der Waals surface area contributed by atoms with Gasteiger partial charge in [0.1, 0.15) is 5.75 Å². The number of aromatic hydroxyl groups is 1. The first-order chi connectivity index (χ1) is 13.3. The third-order valence-electron chi connectivity index (χ3n) is 4.68. The second-order valence-corrected chi connectivity index (χ2v) is 7.90. The molecule has 0 fully saturated rings. The highest BCUT2D eigenvalue weighted by atomic mass is 79.9. The number of aromatic carboxylic acids is 1. The molecule has 5 heteroatoms. The molecular weight excluding hydrogens is 418 g/mol. The first kappa shape index (κ1) is 20.0. The normalized spacial score (nSPS) is 12.0. The standard InChI is InChI=1S/C23H22BrNO3/c1-14(2)15-3-5-16(6-4-15)22(20-13-18(24)9-12-21(20)26)25-19-10-7-17(8-11-19)23(27)28/h3-14,22,25-26H,1-2H3,(H,27,28). The monoisotopic (exact) mass is 439 g/mol. The summed E-state index contributed by atoms with van der Waals surface area (Å²) in [6.07, 6.45) is 0. The molecule has 28 heavy (non-hydrogen) atoms. The molecule has 0 saturated heterocycles. The summed E-state index contributed by atoms with van der Waals surface area (Å²) in [6, 6.07) is 19.9. The van der Waals surface area contributed by atoms with E-state index in [1.54, 1.807) is 36.4 Å². The molecule has 0 saturated carbocycles. The molecule has 3 N–H and O–H groups in total. The van der Waals surface area contributed by atoms with Crippen LogP contribution >= 0.6 is 15.9 Å². The molecule has 4 nitrogen and oxygen atoms in total. The van der Waals surface area contributed by atoms with Crippen molar-refractivity contribution < 1.29 is 15.0 Å². The largest absolute Gasteiger partial charge is 0.508 e. The molecule has 1 unspecified atom stereocenters. The van der Waals surface area contributed by atoms with Crippen molar-refractivity contribution in [3.8, 4) is 5.75 Å². The highest BCUT2D eigenvalue weighted by Gasteiger charge is 2.19. The zero-order valence-corrected chi connectivity index (χ0v) is 17.3. The van der Waals surface area contributed by atoms with Gasteiger partial charge in [-0.2, -0.15) is 0 Å². The van der Waals surface area contributed by atoms with Gasteiger partial charge in [-0.25, -0.2) is 4.79 Å². The van der Waals surface area contributed by atoms with Crippen LogP contribution in [0.2, 0.25) is 0 Å². The number of hydrogen-bond acceptors (Lipinski definition) is 3. The SMILES string of the molecule is CC(C)c1ccc(C(Nc2ccc(C(=O)O)cc2)c2cc(Br)ccc2O)cc1. The van der Waals surface area contributed by atoms with Crippen molar-refractivity contribution in [2.75, 3.05) is 5.32 Å². The number of halogens is 1. The molecule has 0 aromatic heterocycles. The van der Waals surface area contributed by atoms with Crippen LogP contribution in [0, 0.1) is 0 Å². The van der Waals surface area contributed by atoms with Gasteiger partial charge in [-0.1, -0.05) is 54.0 Å². The number of carboxylic acid groups (broad SMARTS) is 1. The lowest BCUT2D eigenvalue weighted by molar-refractivity contribution is 0.0697. The maximum atomic E-state index is 11.1. The number of carboxylic acids is 1. The van der Waals surface area contributed by atoms with Crippen LogP contribution in [-0.2, 0) is 0 Å². The summed E-state index contributed by atoms with van der Waals surface area (Å²) < 4.78 is 0.868. The van der Waals surface area contributed by atoms with Gasteiger partial charge in [0.05, 0.1) is 11.6 Å². The fourth-order valence-electron chi connectivity index (χ4n) is 3.05. The summed E-state index contributed by atoms with van der Waals surface area (Å²) in [6.45, 7) is 4.30. The number of nitrogens with one attached hydrogen (secondary N) is 1. The van der Waals surface area contributed by atoms with E-state index in [1.165, 1.54) is 5.56 Å². The van der Waals surface area contributed by atoms with Crippen molar-refractivity contribution in [3.05, 3.63) is 93.5 Å². The van der Waals surface area contributed by atoms with E-state index in [0.29, 0.717) is 5.92 Å². The van der Waals surface area contributed by atoms with Gasteiger partial charge in [0.15, 0.2) is 0 Å². The molecular formula is C23H22BrNO3. The van der Waals surface area contributed by atoms with Crippen LogP contribution in [0.4, 0.5) is 5.69 Å². The number of phenolic OH excluding ortho intramolecular Hbond substituents is 1. The third kappa shape index (κ3) is 4.54. The Labute approximate surface area is 173 Å². The fourth-order valence-corrected chi connectivity index (χ4v) is 3.43. The minimum Gasteiger partial charge on any atom is -0.508 e. The van der Waals surface area contributed by atoms with Crippen molar-refractivity contribution >= 4 is 27.6 Å². The minimum absolute atomic E-state index is 0.191. The summed E-state index contributed by atoms with van der Waals surface area (Å²) >= 11 is 3.47. The van der Waals surface area contributed by atoms with Crippen LogP contribution < -0.4 is 5.32 Å². The molecule has 0 bridgehead atoms. The lowest BCUT2D eigenvalue weighted by Crippen LogP contribution is -2.13.